The minimum Gasteiger partial charge on any atom is -0.548 e. The van der Waals surface area contributed by atoms with Crippen molar-refractivity contribution in [2.45, 2.75) is 12.5 Å². The van der Waals surface area contributed by atoms with Crippen LogP contribution in [0, 0.1) is 0 Å². The summed E-state index contributed by atoms with van der Waals surface area (Å²) in [6, 6.07) is 7.58. The van der Waals surface area contributed by atoms with E-state index < -0.39 is 12.0 Å². The summed E-state index contributed by atoms with van der Waals surface area (Å²) >= 11 is 1.53. The van der Waals surface area contributed by atoms with Gasteiger partial charge in [0.15, 0.2) is 0 Å². The van der Waals surface area contributed by atoms with E-state index in [1.165, 1.54) is 11.8 Å². The summed E-state index contributed by atoms with van der Waals surface area (Å²) in [6.45, 7) is 0. The number of rotatable bonds is 6. The first-order valence-corrected chi connectivity index (χ1v) is 6.60. The van der Waals surface area contributed by atoms with Crippen molar-refractivity contribution in [3.8, 4) is 0 Å². The number of amides is 1. The Kier molecular flexibility index (Phi) is 5.56. The molecule has 0 aliphatic heterocycles. The van der Waals surface area contributed by atoms with Gasteiger partial charge in [0.1, 0.15) is 0 Å². The van der Waals surface area contributed by atoms with Gasteiger partial charge in [-0.15, -0.1) is 0 Å². The second kappa shape index (κ2) is 6.96. The number of carbonyl (C=O) groups is 2. The second-order valence-corrected chi connectivity index (χ2v) is 4.48. The van der Waals surface area contributed by atoms with Gasteiger partial charge in [0, 0.05) is 5.56 Å². The summed E-state index contributed by atoms with van der Waals surface area (Å²) in [5.74, 6) is -0.975. The number of carbonyl (C=O) groups excluding carboxylic acids is 2. The molecule has 17 heavy (non-hydrogen) atoms. The Hall–Kier alpha value is -1.49. The van der Waals surface area contributed by atoms with Gasteiger partial charge in [0.2, 0.25) is 0 Å². The average Bonchev–Trinajstić information content (AvgIpc) is 2.35. The molecule has 1 N–H and O–H groups in total. The van der Waals surface area contributed by atoms with Crippen LogP contribution in [0.2, 0.25) is 0 Å². The van der Waals surface area contributed by atoms with Gasteiger partial charge in [-0.05, 0) is 30.6 Å². The molecule has 0 heterocycles. The highest BCUT2D eigenvalue weighted by atomic mass is 32.2. The van der Waals surface area contributed by atoms with Crippen LogP contribution in [-0.4, -0.2) is 29.9 Å². The Morgan fingerprint density at radius 1 is 1.35 bits per heavy atom. The summed E-state index contributed by atoms with van der Waals surface area (Å²) < 4.78 is 0. The first kappa shape index (κ1) is 13.6. The molecule has 1 atom stereocenters. The van der Waals surface area contributed by atoms with Crippen molar-refractivity contribution < 1.29 is 14.7 Å². The summed E-state index contributed by atoms with van der Waals surface area (Å²) in [5, 5.41) is 13.3. The van der Waals surface area contributed by atoms with Gasteiger partial charge >= 0.3 is 0 Å². The molecule has 0 aromatic heterocycles. The van der Waals surface area contributed by atoms with E-state index in [0.717, 1.165) is 0 Å². The molecule has 92 valence electrons. The summed E-state index contributed by atoms with van der Waals surface area (Å²) in [6.07, 6.45) is 2.24. The summed E-state index contributed by atoms with van der Waals surface area (Å²) in [4.78, 5) is 22.6. The number of hydrogen-bond donors (Lipinski definition) is 1. The maximum Gasteiger partial charge on any atom is 0.251 e. The van der Waals surface area contributed by atoms with Crippen molar-refractivity contribution in [1.82, 2.24) is 5.32 Å². The number of hydrogen-bond acceptors (Lipinski definition) is 4. The SMILES string of the molecule is CSCC[C@@H](NC(=O)c1ccccc1)C(=O)[O-]. The molecule has 0 aliphatic carbocycles. The summed E-state index contributed by atoms with van der Waals surface area (Å²) in [5.41, 5.74) is 0.447. The van der Waals surface area contributed by atoms with E-state index >= 15 is 0 Å². The Morgan fingerprint density at radius 3 is 2.53 bits per heavy atom. The van der Waals surface area contributed by atoms with Crippen LogP contribution in [0.15, 0.2) is 30.3 Å². The predicted molar refractivity (Wildman–Crippen MR) is 65.7 cm³/mol. The molecule has 5 heteroatoms. The molecule has 0 aliphatic rings. The minimum absolute atomic E-state index is 0.363. The van der Waals surface area contributed by atoms with Crippen molar-refractivity contribution in [3.63, 3.8) is 0 Å². The van der Waals surface area contributed by atoms with E-state index in [0.29, 0.717) is 17.7 Å². The molecular formula is C12H14NO3S-. The fourth-order valence-corrected chi connectivity index (χ4v) is 1.79. The zero-order chi connectivity index (χ0) is 12.7. The number of carboxylic acids is 1. The highest BCUT2D eigenvalue weighted by Crippen LogP contribution is 2.03. The highest BCUT2D eigenvalue weighted by Gasteiger charge is 2.13. The molecule has 0 saturated carbocycles. The lowest BCUT2D eigenvalue weighted by atomic mass is 10.1. The number of carboxylic acid groups (broad SMARTS) is 1. The first-order valence-electron chi connectivity index (χ1n) is 5.21. The van der Waals surface area contributed by atoms with Crippen LogP contribution in [0.1, 0.15) is 16.8 Å². The monoisotopic (exact) mass is 252 g/mol. The number of thioether (sulfide) groups is 1. The maximum atomic E-state index is 11.7. The van der Waals surface area contributed by atoms with Crippen LogP contribution < -0.4 is 10.4 Å². The van der Waals surface area contributed by atoms with Gasteiger partial charge < -0.3 is 15.2 Å². The van der Waals surface area contributed by atoms with Crippen molar-refractivity contribution >= 4 is 23.6 Å². The van der Waals surface area contributed by atoms with Crippen molar-refractivity contribution in [2.75, 3.05) is 12.0 Å². The van der Waals surface area contributed by atoms with E-state index in [-0.39, 0.29) is 5.91 Å². The number of nitrogens with one attached hydrogen (secondary N) is 1. The Bertz CT molecular complexity index is 381. The fraction of sp³-hybridized carbons (Fsp3) is 0.333. The zero-order valence-corrected chi connectivity index (χ0v) is 10.3. The third-order valence-corrected chi connectivity index (χ3v) is 2.88. The molecule has 0 fully saturated rings. The number of aliphatic carboxylic acids is 1. The Balaban J connectivity index is 2.61. The van der Waals surface area contributed by atoms with Gasteiger partial charge in [-0.25, -0.2) is 0 Å². The van der Waals surface area contributed by atoms with E-state index in [9.17, 15) is 14.7 Å². The molecule has 1 aromatic rings. The van der Waals surface area contributed by atoms with E-state index in [4.69, 9.17) is 0 Å². The van der Waals surface area contributed by atoms with Crippen LogP contribution in [0.4, 0.5) is 0 Å². The quantitative estimate of drug-likeness (QED) is 0.790. The third kappa shape index (κ3) is 4.48. The number of benzene rings is 1. The Morgan fingerprint density at radius 2 is 2.00 bits per heavy atom. The van der Waals surface area contributed by atoms with Crippen LogP contribution in [-0.2, 0) is 4.79 Å². The molecule has 1 rings (SSSR count). The summed E-state index contributed by atoms with van der Waals surface area (Å²) in [7, 11) is 0. The molecule has 0 saturated heterocycles. The van der Waals surface area contributed by atoms with Crippen molar-refractivity contribution in [2.24, 2.45) is 0 Å². The molecule has 0 unspecified atom stereocenters. The largest absolute Gasteiger partial charge is 0.548 e. The lowest BCUT2D eigenvalue weighted by Gasteiger charge is -2.19. The second-order valence-electron chi connectivity index (χ2n) is 3.49. The van der Waals surface area contributed by atoms with E-state index in [1.807, 2.05) is 6.26 Å². The topological polar surface area (TPSA) is 69.2 Å². The van der Waals surface area contributed by atoms with Gasteiger partial charge in [-0.2, -0.15) is 11.8 Å². The molecule has 0 radical (unpaired) electrons. The lowest BCUT2D eigenvalue weighted by Crippen LogP contribution is -2.48. The van der Waals surface area contributed by atoms with Crippen LogP contribution in [0.25, 0.3) is 0 Å². The van der Waals surface area contributed by atoms with E-state index in [1.54, 1.807) is 30.3 Å². The predicted octanol–water partition coefficient (Wildman–Crippen LogP) is 0.288. The van der Waals surface area contributed by atoms with Crippen molar-refractivity contribution in [3.05, 3.63) is 35.9 Å². The highest BCUT2D eigenvalue weighted by molar-refractivity contribution is 7.98. The molecule has 0 bridgehead atoms. The van der Waals surface area contributed by atoms with Gasteiger partial charge in [0.25, 0.3) is 5.91 Å². The van der Waals surface area contributed by atoms with Gasteiger partial charge in [-0.1, -0.05) is 18.2 Å². The maximum absolute atomic E-state index is 11.7. The standard InChI is InChI=1S/C12H15NO3S/c1-17-8-7-10(12(15)16)13-11(14)9-5-3-2-4-6-9/h2-6,10H,7-8H2,1H3,(H,13,14)(H,15,16)/p-1/t10-/m1/s1. The molecule has 0 spiro atoms. The van der Waals surface area contributed by atoms with E-state index in [2.05, 4.69) is 5.32 Å². The molecule has 1 amide bonds. The third-order valence-electron chi connectivity index (χ3n) is 2.24. The minimum atomic E-state index is -1.25. The van der Waals surface area contributed by atoms with Crippen LogP contribution in [0.5, 0.6) is 0 Å². The van der Waals surface area contributed by atoms with Crippen LogP contribution in [0.3, 0.4) is 0 Å². The average molecular weight is 252 g/mol. The smallest absolute Gasteiger partial charge is 0.251 e. The normalized spacial score (nSPS) is 11.8. The molecule has 1 aromatic carbocycles. The first-order chi connectivity index (χ1) is 8.15. The fourth-order valence-electron chi connectivity index (χ4n) is 1.32. The lowest BCUT2D eigenvalue weighted by molar-refractivity contribution is -0.308. The van der Waals surface area contributed by atoms with Gasteiger partial charge in [-0.3, -0.25) is 4.79 Å². The zero-order valence-electron chi connectivity index (χ0n) is 9.51. The molecular weight excluding hydrogens is 238 g/mol. The molecule has 4 nitrogen and oxygen atoms in total. The van der Waals surface area contributed by atoms with Crippen molar-refractivity contribution in [1.29, 1.82) is 0 Å². The van der Waals surface area contributed by atoms with Crippen LogP contribution >= 0.6 is 11.8 Å². The Labute approximate surface area is 104 Å². The van der Waals surface area contributed by atoms with Gasteiger partial charge in [0.05, 0.1) is 12.0 Å².